The summed E-state index contributed by atoms with van der Waals surface area (Å²) < 4.78 is 20.5. The molecule has 184 valence electrons. The second-order valence-electron chi connectivity index (χ2n) is 9.39. The average molecular weight is 469 g/mol. The summed E-state index contributed by atoms with van der Waals surface area (Å²) in [7, 11) is 0. The van der Waals surface area contributed by atoms with Crippen LogP contribution in [0.15, 0.2) is 48.5 Å². The van der Waals surface area contributed by atoms with E-state index in [1.807, 2.05) is 34.9 Å². The number of rotatable bonds is 5. The van der Waals surface area contributed by atoms with Crippen LogP contribution in [0.2, 0.25) is 0 Å². The molecular formula is C28H37FN2O3. The van der Waals surface area contributed by atoms with Gasteiger partial charge in [-0.15, -0.1) is 0 Å². The van der Waals surface area contributed by atoms with Gasteiger partial charge in [0.15, 0.2) is 0 Å². The van der Waals surface area contributed by atoms with Crippen molar-refractivity contribution in [2.75, 3.05) is 26.2 Å². The predicted molar refractivity (Wildman–Crippen MR) is 132 cm³/mol. The quantitative estimate of drug-likeness (QED) is 0.595. The minimum absolute atomic E-state index is 0.0229. The minimum atomic E-state index is -0.356. The number of nitrogens with zero attached hydrogens (tertiary/aromatic N) is 2. The first kappa shape index (κ1) is 25.7. The molecule has 0 saturated carbocycles. The lowest BCUT2D eigenvalue weighted by Crippen LogP contribution is -2.45. The minimum Gasteiger partial charge on any atom is -0.491 e. The molecule has 1 atom stereocenters. The summed E-state index contributed by atoms with van der Waals surface area (Å²) >= 11 is 0. The van der Waals surface area contributed by atoms with Crippen molar-refractivity contribution in [2.24, 2.45) is 5.92 Å². The molecule has 3 rings (SSSR count). The number of ether oxygens (including phenoxy) is 1. The highest BCUT2D eigenvalue weighted by molar-refractivity contribution is 5.97. The van der Waals surface area contributed by atoms with Gasteiger partial charge in [0, 0.05) is 19.6 Å². The molecule has 0 aliphatic carbocycles. The normalized spacial score (nSPS) is 17.9. The van der Waals surface area contributed by atoms with Crippen molar-refractivity contribution in [1.82, 2.24) is 9.80 Å². The lowest BCUT2D eigenvalue weighted by molar-refractivity contribution is -0.134. The molecule has 0 unspecified atom stereocenters. The first-order chi connectivity index (χ1) is 16.4. The van der Waals surface area contributed by atoms with Crippen LogP contribution in [0, 0.1) is 11.7 Å². The lowest BCUT2D eigenvalue weighted by atomic mass is 10.0. The molecule has 1 aliphatic rings. The third-order valence-corrected chi connectivity index (χ3v) is 6.35. The van der Waals surface area contributed by atoms with Gasteiger partial charge in [0.25, 0.3) is 5.91 Å². The van der Waals surface area contributed by atoms with Crippen LogP contribution >= 0.6 is 0 Å². The Morgan fingerprint density at radius 3 is 2.50 bits per heavy atom. The second-order valence-corrected chi connectivity index (χ2v) is 9.39. The van der Waals surface area contributed by atoms with Crippen molar-refractivity contribution in [3.8, 4) is 5.75 Å². The molecular weight excluding hydrogens is 431 g/mol. The van der Waals surface area contributed by atoms with E-state index < -0.39 is 0 Å². The van der Waals surface area contributed by atoms with E-state index >= 15 is 0 Å². The summed E-state index contributed by atoms with van der Waals surface area (Å²) in [6, 6.07) is 13.6. The van der Waals surface area contributed by atoms with Crippen LogP contribution in [-0.2, 0) is 11.2 Å². The second kappa shape index (κ2) is 12.5. The number of carbonyl (C=O) groups excluding carboxylic acids is 2. The van der Waals surface area contributed by atoms with E-state index in [0.717, 1.165) is 25.7 Å². The zero-order chi connectivity index (χ0) is 24.5. The Morgan fingerprint density at radius 1 is 1.06 bits per heavy atom. The molecule has 6 heteroatoms. The van der Waals surface area contributed by atoms with Gasteiger partial charge in [-0.25, -0.2) is 4.39 Å². The first-order valence-corrected chi connectivity index (χ1v) is 12.4. The first-order valence-electron chi connectivity index (χ1n) is 12.4. The number of hydrogen-bond acceptors (Lipinski definition) is 3. The highest BCUT2D eigenvalue weighted by Gasteiger charge is 2.27. The van der Waals surface area contributed by atoms with Crippen molar-refractivity contribution in [2.45, 2.75) is 58.9 Å². The summed E-state index contributed by atoms with van der Waals surface area (Å²) in [5.74, 6) is 0.422. The van der Waals surface area contributed by atoms with E-state index in [0.29, 0.717) is 42.4 Å². The number of fused-ring (bicyclic) bond motifs is 1. The molecule has 0 fully saturated rings. The number of para-hydroxylation sites is 1. The van der Waals surface area contributed by atoms with Gasteiger partial charge >= 0.3 is 0 Å². The Morgan fingerprint density at radius 2 is 1.76 bits per heavy atom. The van der Waals surface area contributed by atoms with Crippen molar-refractivity contribution < 1.29 is 18.7 Å². The number of carbonyl (C=O) groups is 2. The van der Waals surface area contributed by atoms with Gasteiger partial charge in [0.05, 0.1) is 18.0 Å². The topological polar surface area (TPSA) is 49.9 Å². The van der Waals surface area contributed by atoms with E-state index in [2.05, 4.69) is 13.8 Å². The van der Waals surface area contributed by atoms with Crippen LogP contribution in [0.1, 0.15) is 62.4 Å². The van der Waals surface area contributed by atoms with Crippen molar-refractivity contribution in [3.63, 3.8) is 0 Å². The molecule has 1 heterocycles. The SMILES string of the molecule is CCN1CCCCCN(C(=O)Cc2ccccc2F)[C@@H](CC(C)C)COc2ccccc2C1=O. The van der Waals surface area contributed by atoms with Gasteiger partial charge in [0.2, 0.25) is 5.91 Å². The van der Waals surface area contributed by atoms with E-state index in [-0.39, 0.29) is 36.7 Å². The van der Waals surface area contributed by atoms with Crippen molar-refractivity contribution in [3.05, 3.63) is 65.5 Å². The third kappa shape index (κ3) is 6.81. The molecule has 0 N–H and O–H groups in total. The Hall–Kier alpha value is -2.89. The average Bonchev–Trinajstić information content (AvgIpc) is 2.83. The summed E-state index contributed by atoms with van der Waals surface area (Å²) in [6.07, 6.45) is 3.40. The van der Waals surface area contributed by atoms with Gasteiger partial charge < -0.3 is 14.5 Å². The van der Waals surface area contributed by atoms with Gasteiger partial charge in [0.1, 0.15) is 18.2 Å². The third-order valence-electron chi connectivity index (χ3n) is 6.35. The van der Waals surface area contributed by atoms with Crippen LogP contribution in [0.5, 0.6) is 5.75 Å². The fourth-order valence-electron chi connectivity index (χ4n) is 4.54. The van der Waals surface area contributed by atoms with Crippen molar-refractivity contribution in [1.29, 1.82) is 0 Å². The maximum absolute atomic E-state index is 14.3. The molecule has 0 radical (unpaired) electrons. The lowest BCUT2D eigenvalue weighted by Gasteiger charge is -2.33. The maximum Gasteiger partial charge on any atom is 0.257 e. The zero-order valence-electron chi connectivity index (χ0n) is 20.6. The maximum atomic E-state index is 14.3. The van der Waals surface area contributed by atoms with Gasteiger partial charge in [-0.3, -0.25) is 9.59 Å². The Bertz CT molecular complexity index is 962. The highest BCUT2D eigenvalue weighted by atomic mass is 19.1. The van der Waals surface area contributed by atoms with Crippen LogP contribution in [-0.4, -0.2) is 53.9 Å². The number of amides is 2. The number of hydrogen-bond donors (Lipinski definition) is 0. The fourth-order valence-corrected chi connectivity index (χ4v) is 4.54. The molecule has 5 nitrogen and oxygen atoms in total. The van der Waals surface area contributed by atoms with E-state index in [4.69, 9.17) is 4.74 Å². The molecule has 1 aliphatic heterocycles. The van der Waals surface area contributed by atoms with Crippen molar-refractivity contribution >= 4 is 11.8 Å². The largest absolute Gasteiger partial charge is 0.491 e. The monoisotopic (exact) mass is 468 g/mol. The van der Waals surface area contributed by atoms with Gasteiger partial charge in [-0.2, -0.15) is 0 Å². The molecule has 0 spiro atoms. The van der Waals surface area contributed by atoms with Crippen LogP contribution in [0.3, 0.4) is 0 Å². The number of halogens is 1. The predicted octanol–water partition coefficient (Wildman–Crippen LogP) is 5.34. The molecule has 2 aromatic carbocycles. The molecule has 2 aromatic rings. The molecule has 0 bridgehead atoms. The smallest absolute Gasteiger partial charge is 0.257 e. The van der Waals surface area contributed by atoms with E-state index in [9.17, 15) is 14.0 Å². The Labute approximate surface area is 202 Å². The fraction of sp³-hybridized carbons (Fsp3) is 0.500. The van der Waals surface area contributed by atoms with Crippen LogP contribution in [0.25, 0.3) is 0 Å². The molecule has 2 amide bonds. The summed E-state index contributed by atoms with van der Waals surface area (Å²) in [6.45, 7) is 8.42. The molecule has 0 aromatic heterocycles. The van der Waals surface area contributed by atoms with E-state index in [1.54, 1.807) is 24.3 Å². The highest BCUT2D eigenvalue weighted by Crippen LogP contribution is 2.24. The standard InChI is InChI=1S/C28H37FN2O3/c1-4-30-16-10-5-11-17-31(27(32)19-22-12-6-8-14-25(22)29)23(18-21(2)3)20-34-26-15-9-7-13-24(26)28(30)33/h6-9,12-15,21,23H,4-5,10-11,16-20H2,1-3H3/t23-/m0/s1. The van der Waals surface area contributed by atoms with Gasteiger partial charge in [-0.1, -0.05) is 44.2 Å². The van der Waals surface area contributed by atoms with E-state index in [1.165, 1.54) is 6.07 Å². The Balaban J connectivity index is 1.89. The molecule has 0 saturated heterocycles. The summed E-state index contributed by atoms with van der Waals surface area (Å²) in [4.78, 5) is 30.4. The van der Waals surface area contributed by atoms with Crippen LogP contribution in [0.4, 0.5) is 4.39 Å². The van der Waals surface area contributed by atoms with Gasteiger partial charge in [-0.05, 0) is 62.3 Å². The Kier molecular flexibility index (Phi) is 9.49. The zero-order valence-corrected chi connectivity index (χ0v) is 20.6. The summed E-state index contributed by atoms with van der Waals surface area (Å²) in [5.41, 5.74) is 0.963. The number of benzene rings is 2. The molecule has 34 heavy (non-hydrogen) atoms. The summed E-state index contributed by atoms with van der Waals surface area (Å²) in [5, 5.41) is 0. The van der Waals surface area contributed by atoms with Crippen LogP contribution < -0.4 is 4.74 Å².